The van der Waals surface area contributed by atoms with Crippen LogP contribution in [0.25, 0.3) is 11.0 Å². The van der Waals surface area contributed by atoms with Crippen molar-refractivity contribution in [2.75, 3.05) is 4.90 Å². The highest BCUT2D eigenvalue weighted by Gasteiger charge is 2.44. The zero-order valence-corrected chi connectivity index (χ0v) is 15.0. The summed E-state index contributed by atoms with van der Waals surface area (Å²) in [6.07, 6.45) is 0. The molecule has 5 rings (SSSR count). The monoisotopic (exact) mass is 394 g/mol. The Balaban J connectivity index is 1.83. The molecule has 1 aliphatic heterocycles. The van der Waals surface area contributed by atoms with E-state index in [4.69, 9.17) is 8.94 Å². The van der Waals surface area contributed by atoms with Crippen LogP contribution in [0.4, 0.5) is 14.6 Å². The van der Waals surface area contributed by atoms with Crippen LogP contribution in [-0.4, -0.2) is 11.1 Å². The largest absolute Gasteiger partial charge is 0.450 e. The Kier molecular flexibility index (Phi) is 3.64. The fourth-order valence-corrected chi connectivity index (χ4v) is 3.61. The number of anilines is 1. The highest BCUT2D eigenvalue weighted by Crippen LogP contribution is 2.40. The normalized spacial score (nSPS) is 15.9. The molecule has 8 heteroatoms. The molecule has 144 valence electrons. The second-order valence-electron chi connectivity index (χ2n) is 6.74. The molecule has 4 aromatic rings. The third-order valence-corrected chi connectivity index (χ3v) is 4.88. The topological polar surface area (TPSA) is 76.6 Å². The summed E-state index contributed by atoms with van der Waals surface area (Å²) in [5, 5.41) is 3.91. The Morgan fingerprint density at radius 2 is 1.72 bits per heavy atom. The van der Waals surface area contributed by atoms with E-state index in [1.807, 2.05) is 0 Å². The van der Waals surface area contributed by atoms with Crippen LogP contribution in [0.1, 0.15) is 33.5 Å². The molecule has 0 saturated carbocycles. The molecular formula is C21H12F2N2O4. The van der Waals surface area contributed by atoms with Crippen molar-refractivity contribution in [2.45, 2.75) is 13.0 Å². The maximum atomic E-state index is 13.7. The summed E-state index contributed by atoms with van der Waals surface area (Å²) >= 11 is 0. The van der Waals surface area contributed by atoms with Crippen LogP contribution in [0.15, 0.2) is 62.3 Å². The van der Waals surface area contributed by atoms with Gasteiger partial charge in [-0.3, -0.25) is 14.5 Å². The summed E-state index contributed by atoms with van der Waals surface area (Å²) in [5.41, 5.74) is 0.0771. The molecule has 0 unspecified atom stereocenters. The number of fused-ring (bicyclic) bond motifs is 2. The van der Waals surface area contributed by atoms with Gasteiger partial charge in [0.1, 0.15) is 23.0 Å². The number of aryl methyl sites for hydroxylation is 1. The molecule has 0 spiro atoms. The van der Waals surface area contributed by atoms with Crippen molar-refractivity contribution in [3.05, 3.63) is 93.0 Å². The van der Waals surface area contributed by atoms with E-state index >= 15 is 0 Å². The maximum Gasteiger partial charge on any atom is 0.296 e. The quantitative estimate of drug-likeness (QED) is 0.511. The molecule has 0 saturated heterocycles. The number of amides is 1. The third kappa shape index (κ3) is 2.56. The number of carbonyl (C=O) groups excluding carboxylic acids is 1. The van der Waals surface area contributed by atoms with E-state index in [0.717, 1.165) is 12.1 Å². The minimum Gasteiger partial charge on any atom is -0.450 e. The van der Waals surface area contributed by atoms with Gasteiger partial charge in [0.25, 0.3) is 5.91 Å². The molecule has 1 atom stereocenters. The van der Waals surface area contributed by atoms with Gasteiger partial charge in [-0.25, -0.2) is 8.78 Å². The average Bonchev–Trinajstić information content (AvgIpc) is 3.25. The maximum absolute atomic E-state index is 13.7. The lowest BCUT2D eigenvalue weighted by atomic mass is 9.98. The smallest absolute Gasteiger partial charge is 0.296 e. The first-order valence-electron chi connectivity index (χ1n) is 8.72. The van der Waals surface area contributed by atoms with Crippen LogP contribution in [0, 0.1) is 18.6 Å². The van der Waals surface area contributed by atoms with E-state index < -0.39 is 29.0 Å². The molecule has 3 heterocycles. The van der Waals surface area contributed by atoms with Gasteiger partial charge in [0.05, 0.1) is 17.0 Å². The van der Waals surface area contributed by atoms with Gasteiger partial charge >= 0.3 is 0 Å². The lowest BCUT2D eigenvalue weighted by Crippen LogP contribution is -2.29. The zero-order chi connectivity index (χ0) is 20.3. The molecule has 29 heavy (non-hydrogen) atoms. The highest BCUT2D eigenvalue weighted by molar-refractivity contribution is 6.10. The minimum atomic E-state index is -0.925. The Labute approximate surface area is 162 Å². The molecule has 2 aromatic heterocycles. The molecule has 0 fully saturated rings. The average molecular weight is 394 g/mol. The Morgan fingerprint density at radius 3 is 2.41 bits per heavy atom. The molecule has 0 aliphatic carbocycles. The summed E-state index contributed by atoms with van der Waals surface area (Å²) in [5.74, 6) is -1.17. The molecule has 1 aliphatic rings. The van der Waals surface area contributed by atoms with Gasteiger partial charge in [-0.2, -0.15) is 0 Å². The number of aromatic nitrogens is 1. The molecule has 0 bridgehead atoms. The van der Waals surface area contributed by atoms with Crippen LogP contribution in [0.2, 0.25) is 0 Å². The number of hydrogen-bond donors (Lipinski definition) is 0. The van der Waals surface area contributed by atoms with Gasteiger partial charge in [-0.05, 0) is 42.8 Å². The van der Waals surface area contributed by atoms with Crippen LogP contribution in [-0.2, 0) is 0 Å². The first kappa shape index (κ1) is 17.3. The lowest BCUT2D eigenvalue weighted by molar-refractivity contribution is 0.0969. The van der Waals surface area contributed by atoms with Gasteiger partial charge in [-0.1, -0.05) is 17.3 Å². The van der Waals surface area contributed by atoms with Crippen molar-refractivity contribution >= 4 is 22.7 Å². The van der Waals surface area contributed by atoms with E-state index in [-0.39, 0.29) is 28.1 Å². The number of halogens is 2. The molecule has 0 N–H and O–H groups in total. The van der Waals surface area contributed by atoms with E-state index in [2.05, 4.69) is 5.16 Å². The number of hydrogen-bond acceptors (Lipinski definition) is 5. The summed E-state index contributed by atoms with van der Waals surface area (Å²) < 4.78 is 38.0. The summed E-state index contributed by atoms with van der Waals surface area (Å²) in [6.45, 7) is 1.66. The molecule has 1 amide bonds. The van der Waals surface area contributed by atoms with Crippen LogP contribution in [0.5, 0.6) is 0 Å². The van der Waals surface area contributed by atoms with Crippen molar-refractivity contribution in [1.29, 1.82) is 0 Å². The number of carbonyl (C=O) groups is 1. The van der Waals surface area contributed by atoms with Crippen molar-refractivity contribution in [3.8, 4) is 0 Å². The van der Waals surface area contributed by atoms with Gasteiger partial charge in [0, 0.05) is 6.07 Å². The molecule has 6 nitrogen and oxygen atoms in total. The fourth-order valence-electron chi connectivity index (χ4n) is 3.61. The van der Waals surface area contributed by atoms with E-state index in [1.54, 1.807) is 13.0 Å². The SMILES string of the molecule is Cc1cc(N2C(=O)c3oc4ccc(F)cc4c(=O)c3[C@H]2c2ccc(F)cc2)no1. The molecule has 2 aromatic carbocycles. The standard InChI is InChI=1S/C21H12F2N2O4/c1-10-8-16(24-29-10)25-18(11-2-4-12(22)5-3-11)17-19(26)14-9-13(23)6-7-15(14)28-20(17)21(25)27/h2-9,18H,1H3/t18-/m1/s1. The van der Waals surface area contributed by atoms with E-state index in [0.29, 0.717) is 11.3 Å². The number of rotatable bonds is 2. The van der Waals surface area contributed by atoms with Crippen LogP contribution < -0.4 is 10.3 Å². The molecular weight excluding hydrogens is 382 g/mol. The third-order valence-electron chi connectivity index (χ3n) is 4.88. The Bertz CT molecular complexity index is 1340. The van der Waals surface area contributed by atoms with Crippen molar-refractivity contribution in [2.24, 2.45) is 0 Å². The van der Waals surface area contributed by atoms with Crippen LogP contribution >= 0.6 is 0 Å². The van der Waals surface area contributed by atoms with Gasteiger partial charge in [-0.15, -0.1) is 0 Å². The molecule has 0 radical (unpaired) electrons. The Hall–Kier alpha value is -3.81. The second kappa shape index (κ2) is 6.10. The second-order valence-corrected chi connectivity index (χ2v) is 6.74. The predicted molar refractivity (Wildman–Crippen MR) is 98.7 cm³/mol. The van der Waals surface area contributed by atoms with Crippen molar-refractivity contribution in [1.82, 2.24) is 5.16 Å². The summed E-state index contributed by atoms with van der Waals surface area (Å²) in [4.78, 5) is 27.7. The van der Waals surface area contributed by atoms with Crippen LogP contribution in [0.3, 0.4) is 0 Å². The minimum absolute atomic E-state index is 0.0156. The van der Waals surface area contributed by atoms with Gasteiger partial charge in [0.2, 0.25) is 5.76 Å². The highest BCUT2D eigenvalue weighted by atomic mass is 19.1. The van der Waals surface area contributed by atoms with Crippen molar-refractivity contribution in [3.63, 3.8) is 0 Å². The van der Waals surface area contributed by atoms with E-state index in [9.17, 15) is 18.4 Å². The van der Waals surface area contributed by atoms with E-state index in [1.165, 1.54) is 35.2 Å². The predicted octanol–water partition coefficient (Wildman–Crippen LogP) is 4.12. The summed E-state index contributed by atoms with van der Waals surface area (Å²) in [7, 11) is 0. The zero-order valence-electron chi connectivity index (χ0n) is 15.0. The van der Waals surface area contributed by atoms with Gasteiger partial charge in [0.15, 0.2) is 11.2 Å². The van der Waals surface area contributed by atoms with Crippen molar-refractivity contribution < 1.29 is 22.5 Å². The lowest BCUT2D eigenvalue weighted by Gasteiger charge is -2.22. The number of benzene rings is 2. The fraction of sp³-hybridized carbons (Fsp3) is 0.0952. The summed E-state index contributed by atoms with van der Waals surface area (Å²) in [6, 6.07) is 9.53. The first-order valence-corrected chi connectivity index (χ1v) is 8.72. The van der Waals surface area contributed by atoms with Gasteiger partial charge < -0.3 is 8.94 Å². The Morgan fingerprint density at radius 1 is 1.00 bits per heavy atom. The number of nitrogens with zero attached hydrogens (tertiary/aromatic N) is 2. The first-order chi connectivity index (χ1) is 13.9.